The SMILES string of the molecule is O=C(OC1CC2CCC3CCCC3C2CC1OC(=O)c1ccccc1)c1ccccc1. The van der Waals surface area contributed by atoms with Crippen LogP contribution in [0.2, 0.25) is 0 Å². The van der Waals surface area contributed by atoms with Gasteiger partial charge < -0.3 is 9.47 Å². The minimum absolute atomic E-state index is 0.330. The monoisotopic (exact) mass is 418 g/mol. The fourth-order valence-electron chi connectivity index (χ4n) is 6.32. The summed E-state index contributed by atoms with van der Waals surface area (Å²) in [6.45, 7) is 0. The summed E-state index contributed by atoms with van der Waals surface area (Å²) in [5, 5.41) is 0. The van der Waals surface area contributed by atoms with Gasteiger partial charge in [0.15, 0.2) is 0 Å². The maximum Gasteiger partial charge on any atom is 0.338 e. The van der Waals surface area contributed by atoms with Crippen molar-refractivity contribution in [3.8, 4) is 0 Å². The Morgan fingerprint density at radius 3 is 1.77 bits per heavy atom. The lowest BCUT2D eigenvalue weighted by atomic mass is 9.61. The summed E-state index contributed by atoms with van der Waals surface area (Å²) >= 11 is 0. The highest BCUT2D eigenvalue weighted by Gasteiger charge is 2.49. The maximum absolute atomic E-state index is 12.8. The molecule has 0 spiro atoms. The van der Waals surface area contributed by atoms with Gasteiger partial charge in [0.05, 0.1) is 11.1 Å². The molecule has 2 aromatic carbocycles. The van der Waals surface area contributed by atoms with E-state index in [2.05, 4.69) is 0 Å². The molecule has 5 rings (SSSR count). The third kappa shape index (κ3) is 4.26. The van der Waals surface area contributed by atoms with Gasteiger partial charge in [-0.25, -0.2) is 9.59 Å². The van der Waals surface area contributed by atoms with Gasteiger partial charge in [0.1, 0.15) is 12.2 Å². The molecule has 0 aromatic heterocycles. The Kier molecular flexibility index (Phi) is 5.80. The molecule has 4 heteroatoms. The Bertz CT molecular complexity index is 909. The Hall–Kier alpha value is -2.62. The number of carbonyl (C=O) groups excluding carboxylic acids is 2. The van der Waals surface area contributed by atoms with E-state index in [1.807, 2.05) is 36.4 Å². The molecule has 3 saturated carbocycles. The van der Waals surface area contributed by atoms with Crippen LogP contribution >= 0.6 is 0 Å². The van der Waals surface area contributed by atoms with Gasteiger partial charge in [-0.1, -0.05) is 49.2 Å². The average Bonchev–Trinajstić information content (AvgIpc) is 3.30. The smallest absolute Gasteiger partial charge is 0.338 e. The summed E-state index contributed by atoms with van der Waals surface area (Å²) in [5.41, 5.74) is 1.08. The van der Waals surface area contributed by atoms with Crippen molar-refractivity contribution in [2.75, 3.05) is 0 Å². The van der Waals surface area contributed by atoms with Crippen molar-refractivity contribution in [2.45, 2.75) is 57.2 Å². The average molecular weight is 419 g/mol. The number of ether oxygens (including phenoxy) is 2. The normalized spacial score (nSPS) is 31.9. The Balaban J connectivity index is 1.36. The summed E-state index contributed by atoms with van der Waals surface area (Å²) in [6, 6.07) is 18.2. The van der Waals surface area contributed by atoms with Gasteiger partial charge in [0, 0.05) is 0 Å². The van der Waals surface area contributed by atoms with Crippen molar-refractivity contribution in [2.24, 2.45) is 23.7 Å². The zero-order valence-electron chi connectivity index (χ0n) is 17.8. The van der Waals surface area contributed by atoms with Crippen LogP contribution < -0.4 is 0 Å². The minimum atomic E-state index is -0.389. The predicted octanol–water partition coefficient (Wildman–Crippen LogP) is 5.67. The molecule has 0 aliphatic heterocycles. The van der Waals surface area contributed by atoms with E-state index in [9.17, 15) is 9.59 Å². The molecule has 4 nitrogen and oxygen atoms in total. The predicted molar refractivity (Wildman–Crippen MR) is 118 cm³/mol. The third-order valence-electron chi connectivity index (χ3n) is 7.77. The molecule has 0 heterocycles. The molecular formula is C27H30O4. The van der Waals surface area contributed by atoms with Crippen LogP contribution in [0, 0.1) is 23.7 Å². The van der Waals surface area contributed by atoms with Gasteiger partial charge in [-0.2, -0.15) is 0 Å². The molecule has 6 unspecified atom stereocenters. The second-order valence-corrected chi connectivity index (χ2v) is 9.45. The van der Waals surface area contributed by atoms with Crippen molar-refractivity contribution in [3.05, 3.63) is 71.8 Å². The number of esters is 2. The zero-order chi connectivity index (χ0) is 21.2. The fourth-order valence-corrected chi connectivity index (χ4v) is 6.32. The highest BCUT2D eigenvalue weighted by Crippen LogP contribution is 2.53. The Morgan fingerprint density at radius 2 is 1.16 bits per heavy atom. The van der Waals surface area contributed by atoms with Gasteiger partial charge in [0.2, 0.25) is 0 Å². The number of fused-ring (bicyclic) bond motifs is 3. The van der Waals surface area contributed by atoms with Gasteiger partial charge >= 0.3 is 11.9 Å². The van der Waals surface area contributed by atoms with Crippen molar-refractivity contribution < 1.29 is 19.1 Å². The van der Waals surface area contributed by atoms with Crippen LogP contribution in [-0.4, -0.2) is 24.1 Å². The lowest BCUT2D eigenvalue weighted by molar-refractivity contribution is -0.0940. The quantitative estimate of drug-likeness (QED) is 0.600. The molecule has 0 N–H and O–H groups in total. The first-order valence-corrected chi connectivity index (χ1v) is 11.7. The van der Waals surface area contributed by atoms with Crippen molar-refractivity contribution in [1.82, 2.24) is 0 Å². The van der Waals surface area contributed by atoms with Gasteiger partial charge in [-0.05, 0) is 80.0 Å². The van der Waals surface area contributed by atoms with E-state index in [0.717, 1.165) is 24.7 Å². The molecular weight excluding hydrogens is 388 g/mol. The molecule has 0 bridgehead atoms. The zero-order valence-corrected chi connectivity index (χ0v) is 17.8. The van der Waals surface area contributed by atoms with Crippen molar-refractivity contribution >= 4 is 11.9 Å². The molecule has 2 aromatic rings. The molecule has 31 heavy (non-hydrogen) atoms. The number of hydrogen-bond acceptors (Lipinski definition) is 4. The highest BCUT2D eigenvalue weighted by atomic mass is 16.6. The lowest BCUT2D eigenvalue weighted by Crippen LogP contribution is -2.48. The summed E-state index contributed by atoms with van der Waals surface area (Å²) < 4.78 is 12.0. The minimum Gasteiger partial charge on any atom is -0.455 e. The summed E-state index contributed by atoms with van der Waals surface area (Å²) in [4.78, 5) is 25.6. The Morgan fingerprint density at radius 1 is 0.613 bits per heavy atom. The second kappa shape index (κ2) is 8.86. The van der Waals surface area contributed by atoms with Crippen LogP contribution in [-0.2, 0) is 9.47 Å². The largest absolute Gasteiger partial charge is 0.455 e. The van der Waals surface area contributed by atoms with Crippen molar-refractivity contribution in [3.63, 3.8) is 0 Å². The van der Waals surface area contributed by atoms with Gasteiger partial charge in [-0.3, -0.25) is 0 Å². The molecule has 0 amide bonds. The molecule has 0 radical (unpaired) electrons. The first kappa shape index (κ1) is 20.3. The molecule has 0 saturated heterocycles. The highest BCUT2D eigenvalue weighted by molar-refractivity contribution is 5.90. The number of benzene rings is 2. The van der Waals surface area contributed by atoms with Gasteiger partial charge in [0.25, 0.3) is 0 Å². The number of carbonyl (C=O) groups is 2. The first-order chi connectivity index (χ1) is 15.2. The van der Waals surface area contributed by atoms with Crippen LogP contribution in [0.5, 0.6) is 0 Å². The van der Waals surface area contributed by atoms with E-state index in [-0.39, 0.29) is 24.1 Å². The Labute approximate surface area is 183 Å². The van der Waals surface area contributed by atoms with E-state index in [0.29, 0.717) is 23.0 Å². The van der Waals surface area contributed by atoms with Crippen LogP contribution in [0.3, 0.4) is 0 Å². The first-order valence-electron chi connectivity index (χ1n) is 11.7. The summed E-state index contributed by atoms with van der Waals surface area (Å²) in [7, 11) is 0. The van der Waals surface area contributed by atoms with E-state index >= 15 is 0 Å². The van der Waals surface area contributed by atoms with Crippen molar-refractivity contribution in [1.29, 1.82) is 0 Å². The molecule has 162 valence electrons. The molecule has 6 atom stereocenters. The summed E-state index contributed by atoms with van der Waals surface area (Å²) in [6.07, 6.45) is 7.26. The van der Waals surface area contributed by atoms with Crippen LogP contribution in [0.1, 0.15) is 65.7 Å². The lowest BCUT2D eigenvalue weighted by Gasteiger charge is -2.47. The van der Waals surface area contributed by atoms with Crippen LogP contribution in [0.4, 0.5) is 0 Å². The standard InChI is InChI=1S/C27H30O4/c28-26(19-8-3-1-4-9-19)30-24-16-21-15-14-18-12-7-13-22(18)23(21)17-25(24)31-27(29)20-10-5-2-6-11-20/h1-6,8-11,18,21-25H,7,12-17H2. The number of rotatable bonds is 4. The van der Waals surface area contributed by atoms with Crippen LogP contribution in [0.25, 0.3) is 0 Å². The second-order valence-electron chi connectivity index (χ2n) is 9.45. The van der Waals surface area contributed by atoms with E-state index in [1.54, 1.807) is 24.3 Å². The van der Waals surface area contributed by atoms with E-state index < -0.39 is 0 Å². The molecule has 3 aliphatic carbocycles. The topological polar surface area (TPSA) is 52.6 Å². The van der Waals surface area contributed by atoms with Gasteiger partial charge in [-0.15, -0.1) is 0 Å². The molecule has 3 aliphatic rings. The fraction of sp³-hybridized carbons (Fsp3) is 0.481. The molecule has 3 fully saturated rings. The van der Waals surface area contributed by atoms with E-state index in [4.69, 9.17) is 9.47 Å². The number of hydrogen-bond donors (Lipinski definition) is 0. The maximum atomic E-state index is 12.8. The third-order valence-corrected chi connectivity index (χ3v) is 7.77. The van der Waals surface area contributed by atoms with Crippen LogP contribution in [0.15, 0.2) is 60.7 Å². The van der Waals surface area contributed by atoms with E-state index in [1.165, 1.54) is 32.1 Å². The summed E-state index contributed by atoms with van der Waals surface area (Å²) in [5.74, 6) is 2.03.